The minimum atomic E-state index is -0.214. The summed E-state index contributed by atoms with van der Waals surface area (Å²) in [7, 11) is 0. The van der Waals surface area contributed by atoms with E-state index in [9.17, 15) is 4.79 Å². The molecule has 22 heavy (non-hydrogen) atoms. The molecule has 0 saturated heterocycles. The van der Waals surface area contributed by atoms with E-state index in [4.69, 9.17) is 4.74 Å². The second-order valence-corrected chi connectivity index (χ2v) is 5.70. The number of pyridine rings is 1. The molecular formula is C18H22N2O2. The quantitative estimate of drug-likeness (QED) is 0.912. The van der Waals surface area contributed by atoms with Crippen molar-refractivity contribution in [1.82, 2.24) is 4.98 Å². The number of aromatic nitrogens is 1. The number of aryl methyl sites for hydroxylation is 2. The van der Waals surface area contributed by atoms with Gasteiger partial charge in [-0.15, -0.1) is 0 Å². The highest BCUT2D eigenvalue weighted by atomic mass is 16.5. The fraction of sp³-hybridized carbons (Fsp3) is 0.333. The molecular weight excluding hydrogens is 276 g/mol. The van der Waals surface area contributed by atoms with E-state index in [1.807, 2.05) is 32.0 Å². The topological polar surface area (TPSA) is 51.2 Å². The summed E-state index contributed by atoms with van der Waals surface area (Å²) in [6, 6.07) is 11.6. The Kier molecular flexibility index (Phi) is 5.15. The van der Waals surface area contributed by atoms with Crippen LogP contribution in [-0.4, -0.2) is 17.5 Å². The van der Waals surface area contributed by atoms with Crippen LogP contribution in [0.1, 0.15) is 36.6 Å². The van der Waals surface area contributed by atoms with E-state index in [1.54, 1.807) is 6.07 Å². The average Bonchev–Trinajstić information content (AvgIpc) is 2.45. The molecule has 4 nitrogen and oxygen atoms in total. The van der Waals surface area contributed by atoms with Crippen LogP contribution in [0.3, 0.4) is 0 Å². The number of rotatable bonds is 5. The van der Waals surface area contributed by atoms with Crippen molar-refractivity contribution in [2.75, 3.05) is 11.9 Å². The normalized spacial score (nSPS) is 10.6. The maximum absolute atomic E-state index is 12.0. The van der Waals surface area contributed by atoms with Crippen LogP contribution in [0.15, 0.2) is 36.4 Å². The van der Waals surface area contributed by atoms with Crippen molar-refractivity contribution in [1.29, 1.82) is 0 Å². The van der Waals surface area contributed by atoms with Crippen molar-refractivity contribution in [3.63, 3.8) is 0 Å². The Morgan fingerprint density at radius 2 is 2.00 bits per heavy atom. The molecule has 116 valence electrons. The maximum atomic E-state index is 12.0. The largest absolute Gasteiger partial charge is 0.483 e. The number of nitrogens with one attached hydrogen (secondary N) is 1. The summed E-state index contributed by atoms with van der Waals surface area (Å²) in [6.45, 7) is 8.07. The number of anilines is 1. The third kappa shape index (κ3) is 4.32. The van der Waals surface area contributed by atoms with Gasteiger partial charge in [-0.25, -0.2) is 4.98 Å². The summed E-state index contributed by atoms with van der Waals surface area (Å²) in [5, 5.41) is 2.74. The van der Waals surface area contributed by atoms with Crippen molar-refractivity contribution >= 4 is 11.7 Å². The third-order valence-electron chi connectivity index (χ3n) is 3.31. The Labute approximate surface area is 131 Å². The molecule has 2 aromatic rings. The van der Waals surface area contributed by atoms with Gasteiger partial charge in [0.2, 0.25) is 0 Å². The molecule has 0 spiro atoms. The van der Waals surface area contributed by atoms with Crippen LogP contribution in [0.25, 0.3) is 0 Å². The molecule has 0 bridgehead atoms. The van der Waals surface area contributed by atoms with Gasteiger partial charge in [0.05, 0.1) is 0 Å². The molecule has 1 heterocycles. The molecule has 2 rings (SSSR count). The minimum absolute atomic E-state index is 0.0290. The molecule has 0 aliphatic heterocycles. The van der Waals surface area contributed by atoms with E-state index in [-0.39, 0.29) is 12.5 Å². The van der Waals surface area contributed by atoms with Crippen molar-refractivity contribution in [2.24, 2.45) is 0 Å². The molecule has 1 aromatic heterocycles. The summed E-state index contributed by atoms with van der Waals surface area (Å²) in [5.74, 6) is 1.44. The first kappa shape index (κ1) is 16.0. The zero-order valence-corrected chi connectivity index (χ0v) is 13.5. The molecule has 4 heteroatoms. The lowest BCUT2D eigenvalue weighted by atomic mass is 10.0. The summed E-state index contributed by atoms with van der Waals surface area (Å²) in [4.78, 5) is 16.2. The molecule has 1 amide bonds. The Morgan fingerprint density at radius 1 is 1.23 bits per heavy atom. The smallest absolute Gasteiger partial charge is 0.263 e. The van der Waals surface area contributed by atoms with E-state index in [2.05, 4.69) is 36.3 Å². The van der Waals surface area contributed by atoms with Gasteiger partial charge >= 0.3 is 0 Å². The monoisotopic (exact) mass is 298 g/mol. The lowest BCUT2D eigenvalue weighted by Gasteiger charge is -2.14. The molecule has 0 radical (unpaired) electrons. The second kappa shape index (κ2) is 7.07. The predicted molar refractivity (Wildman–Crippen MR) is 88.4 cm³/mol. The van der Waals surface area contributed by atoms with Gasteiger partial charge in [-0.3, -0.25) is 4.79 Å². The number of hydrogen-bond acceptors (Lipinski definition) is 3. The van der Waals surface area contributed by atoms with E-state index < -0.39 is 0 Å². The molecule has 0 aliphatic carbocycles. The fourth-order valence-corrected chi connectivity index (χ4v) is 2.18. The molecule has 0 saturated carbocycles. The zero-order valence-electron chi connectivity index (χ0n) is 13.5. The van der Waals surface area contributed by atoms with Crippen LogP contribution in [0.2, 0.25) is 0 Å². The Bertz CT molecular complexity index is 666. The number of carbonyl (C=O) groups is 1. The van der Waals surface area contributed by atoms with Crippen LogP contribution in [0.4, 0.5) is 5.82 Å². The Morgan fingerprint density at radius 3 is 2.68 bits per heavy atom. The first-order chi connectivity index (χ1) is 10.5. The summed E-state index contributed by atoms with van der Waals surface area (Å²) in [6.07, 6.45) is 0. The Hall–Kier alpha value is -2.36. The Balaban J connectivity index is 2.01. The van der Waals surface area contributed by atoms with E-state index in [0.29, 0.717) is 11.7 Å². The van der Waals surface area contributed by atoms with Crippen LogP contribution in [0, 0.1) is 13.8 Å². The zero-order chi connectivity index (χ0) is 16.1. The number of ether oxygens (including phenoxy) is 1. The number of amides is 1. The molecule has 0 fully saturated rings. The van der Waals surface area contributed by atoms with Crippen LogP contribution in [-0.2, 0) is 4.79 Å². The van der Waals surface area contributed by atoms with Crippen molar-refractivity contribution in [3.8, 4) is 5.75 Å². The SMILES string of the molecule is Cc1ccc(C(C)C)c(OCC(=O)Nc2cccc(C)n2)c1. The van der Waals surface area contributed by atoms with Gasteiger partial charge in [-0.1, -0.05) is 32.0 Å². The lowest BCUT2D eigenvalue weighted by molar-refractivity contribution is -0.118. The van der Waals surface area contributed by atoms with Crippen molar-refractivity contribution < 1.29 is 9.53 Å². The van der Waals surface area contributed by atoms with E-state index in [1.165, 1.54) is 0 Å². The molecule has 0 unspecified atom stereocenters. The average molecular weight is 298 g/mol. The van der Waals surface area contributed by atoms with Gasteiger partial charge in [-0.05, 0) is 49.1 Å². The number of nitrogens with zero attached hydrogens (tertiary/aromatic N) is 1. The highest BCUT2D eigenvalue weighted by Gasteiger charge is 2.10. The van der Waals surface area contributed by atoms with Crippen molar-refractivity contribution in [2.45, 2.75) is 33.6 Å². The molecule has 1 aromatic carbocycles. The van der Waals surface area contributed by atoms with Gasteiger partial charge < -0.3 is 10.1 Å². The summed E-state index contributed by atoms with van der Waals surface area (Å²) >= 11 is 0. The van der Waals surface area contributed by atoms with Gasteiger partial charge in [0.25, 0.3) is 5.91 Å². The fourth-order valence-electron chi connectivity index (χ4n) is 2.18. The molecule has 0 aliphatic rings. The van der Waals surface area contributed by atoms with Gasteiger partial charge in [-0.2, -0.15) is 0 Å². The van der Waals surface area contributed by atoms with Gasteiger partial charge in [0.1, 0.15) is 11.6 Å². The molecule has 1 N–H and O–H groups in total. The van der Waals surface area contributed by atoms with E-state index >= 15 is 0 Å². The summed E-state index contributed by atoms with van der Waals surface area (Å²) in [5.41, 5.74) is 3.08. The van der Waals surface area contributed by atoms with Crippen molar-refractivity contribution in [3.05, 3.63) is 53.2 Å². The van der Waals surface area contributed by atoms with E-state index in [0.717, 1.165) is 22.6 Å². The second-order valence-electron chi connectivity index (χ2n) is 5.70. The maximum Gasteiger partial charge on any atom is 0.263 e. The van der Waals surface area contributed by atoms with Crippen LogP contribution < -0.4 is 10.1 Å². The first-order valence-corrected chi connectivity index (χ1v) is 7.42. The highest BCUT2D eigenvalue weighted by molar-refractivity contribution is 5.90. The molecule has 0 atom stereocenters. The first-order valence-electron chi connectivity index (χ1n) is 7.42. The number of benzene rings is 1. The van der Waals surface area contributed by atoms with Crippen LogP contribution in [0.5, 0.6) is 5.75 Å². The highest BCUT2D eigenvalue weighted by Crippen LogP contribution is 2.27. The predicted octanol–water partition coefficient (Wildman–Crippen LogP) is 3.84. The minimum Gasteiger partial charge on any atom is -0.483 e. The summed E-state index contributed by atoms with van der Waals surface area (Å²) < 4.78 is 5.70. The van der Waals surface area contributed by atoms with Crippen LogP contribution >= 0.6 is 0 Å². The standard InChI is InChI=1S/C18H22N2O2/c1-12(2)15-9-8-13(3)10-16(15)22-11-18(21)20-17-7-5-6-14(4)19-17/h5-10,12H,11H2,1-4H3,(H,19,20,21). The third-order valence-corrected chi connectivity index (χ3v) is 3.31. The van der Waals surface area contributed by atoms with Gasteiger partial charge in [0.15, 0.2) is 6.61 Å². The van der Waals surface area contributed by atoms with Gasteiger partial charge in [0, 0.05) is 5.69 Å². The number of hydrogen-bond donors (Lipinski definition) is 1. The number of carbonyl (C=O) groups excluding carboxylic acids is 1. The lowest BCUT2D eigenvalue weighted by Crippen LogP contribution is -2.21.